The highest BCUT2D eigenvalue weighted by Gasteiger charge is 2.27. The van der Waals surface area contributed by atoms with Crippen molar-refractivity contribution < 1.29 is 13.2 Å². The van der Waals surface area contributed by atoms with Crippen LogP contribution in [0, 0.1) is 0 Å². The molecule has 21 heavy (non-hydrogen) atoms. The summed E-state index contributed by atoms with van der Waals surface area (Å²) in [6, 6.07) is 6.40. The second kappa shape index (κ2) is 6.25. The monoisotopic (exact) mass is 310 g/mol. The standard InChI is InChI=1S/C15H22N2O3S/c1-11-10-14(8-9-17(11)3)16-21(19,20)15-6-4-13(5-7-15)12(2)18/h4-7,11,14,16H,8-10H2,1-3H3. The molecule has 116 valence electrons. The highest BCUT2D eigenvalue weighted by molar-refractivity contribution is 7.89. The Morgan fingerprint density at radius 1 is 1.29 bits per heavy atom. The first-order chi connectivity index (χ1) is 9.79. The molecule has 0 aromatic heterocycles. The summed E-state index contributed by atoms with van der Waals surface area (Å²) in [7, 11) is -1.47. The van der Waals surface area contributed by atoms with Crippen molar-refractivity contribution in [2.75, 3.05) is 13.6 Å². The third-order valence-electron chi connectivity index (χ3n) is 4.10. The lowest BCUT2D eigenvalue weighted by Crippen LogP contribution is -2.47. The van der Waals surface area contributed by atoms with Gasteiger partial charge in [-0.3, -0.25) is 4.79 Å². The number of carbonyl (C=O) groups is 1. The summed E-state index contributed by atoms with van der Waals surface area (Å²) in [5.41, 5.74) is 0.516. The molecule has 1 heterocycles. The van der Waals surface area contributed by atoms with Gasteiger partial charge in [0.25, 0.3) is 0 Å². The Hall–Kier alpha value is -1.24. The van der Waals surface area contributed by atoms with Crippen molar-refractivity contribution in [1.82, 2.24) is 9.62 Å². The maximum absolute atomic E-state index is 12.4. The molecule has 1 aliphatic rings. The number of ketones is 1. The molecule has 1 aliphatic heterocycles. The van der Waals surface area contributed by atoms with E-state index >= 15 is 0 Å². The van der Waals surface area contributed by atoms with Gasteiger partial charge in [0.1, 0.15) is 0 Å². The van der Waals surface area contributed by atoms with E-state index in [0.29, 0.717) is 11.6 Å². The zero-order valence-electron chi connectivity index (χ0n) is 12.7. The lowest BCUT2D eigenvalue weighted by atomic mass is 10.0. The van der Waals surface area contributed by atoms with Gasteiger partial charge in [0.15, 0.2) is 5.78 Å². The molecule has 1 fully saturated rings. The van der Waals surface area contributed by atoms with Crippen molar-refractivity contribution in [2.24, 2.45) is 0 Å². The van der Waals surface area contributed by atoms with Crippen LogP contribution in [0.1, 0.15) is 37.0 Å². The van der Waals surface area contributed by atoms with E-state index in [4.69, 9.17) is 0 Å². The quantitative estimate of drug-likeness (QED) is 0.859. The summed E-state index contributed by atoms with van der Waals surface area (Å²) in [5, 5.41) is 0. The zero-order valence-corrected chi connectivity index (χ0v) is 13.5. The van der Waals surface area contributed by atoms with E-state index in [2.05, 4.69) is 23.6 Å². The zero-order chi connectivity index (χ0) is 15.6. The van der Waals surface area contributed by atoms with Gasteiger partial charge in [0, 0.05) is 17.6 Å². The van der Waals surface area contributed by atoms with Crippen LogP contribution in [-0.2, 0) is 10.0 Å². The molecule has 2 rings (SSSR count). The summed E-state index contributed by atoms with van der Waals surface area (Å²) in [6.45, 7) is 4.45. The van der Waals surface area contributed by atoms with Crippen molar-refractivity contribution >= 4 is 15.8 Å². The molecule has 0 amide bonds. The smallest absolute Gasteiger partial charge is 0.240 e. The van der Waals surface area contributed by atoms with E-state index in [1.165, 1.54) is 19.1 Å². The van der Waals surface area contributed by atoms with Gasteiger partial charge in [0.2, 0.25) is 10.0 Å². The second-order valence-corrected chi connectivity index (χ2v) is 7.47. The van der Waals surface area contributed by atoms with Crippen molar-refractivity contribution in [1.29, 1.82) is 0 Å². The first-order valence-electron chi connectivity index (χ1n) is 7.13. The predicted molar refractivity (Wildman–Crippen MR) is 81.9 cm³/mol. The summed E-state index contributed by atoms with van der Waals surface area (Å²) >= 11 is 0. The summed E-state index contributed by atoms with van der Waals surface area (Å²) in [6.07, 6.45) is 1.62. The summed E-state index contributed by atoms with van der Waals surface area (Å²) < 4.78 is 27.5. The summed E-state index contributed by atoms with van der Waals surface area (Å²) in [4.78, 5) is 13.7. The van der Waals surface area contributed by atoms with Gasteiger partial charge < -0.3 is 4.90 Å². The molecule has 0 spiro atoms. The maximum atomic E-state index is 12.4. The number of hydrogen-bond donors (Lipinski definition) is 1. The Kier molecular flexibility index (Phi) is 4.81. The molecule has 1 saturated heterocycles. The Balaban J connectivity index is 2.09. The molecule has 1 aromatic carbocycles. The highest BCUT2D eigenvalue weighted by atomic mass is 32.2. The second-order valence-electron chi connectivity index (χ2n) is 5.75. The van der Waals surface area contributed by atoms with Crippen molar-refractivity contribution in [3.63, 3.8) is 0 Å². The fourth-order valence-corrected chi connectivity index (χ4v) is 3.84. The van der Waals surface area contributed by atoms with Crippen LogP contribution in [0.15, 0.2) is 29.2 Å². The normalized spacial score (nSPS) is 24.0. The molecule has 2 unspecified atom stereocenters. The van der Waals surface area contributed by atoms with Crippen molar-refractivity contribution in [2.45, 2.75) is 43.7 Å². The fourth-order valence-electron chi connectivity index (χ4n) is 2.55. The van der Waals surface area contributed by atoms with E-state index in [9.17, 15) is 13.2 Å². The molecule has 0 aliphatic carbocycles. The van der Waals surface area contributed by atoms with Gasteiger partial charge in [-0.25, -0.2) is 13.1 Å². The van der Waals surface area contributed by atoms with Gasteiger partial charge in [-0.1, -0.05) is 12.1 Å². The number of likely N-dealkylation sites (tertiary alicyclic amines) is 1. The number of piperidine rings is 1. The average Bonchev–Trinajstić information content (AvgIpc) is 2.43. The first kappa shape index (κ1) is 16.1. The van der Waals surface area contributed by atoms with Crippen molar-refractivity contribution in [3.05, 3.63) is 29.8 Å². The Morgan fingerprint density at radius 2 is 1.90 bits per heavy atom. The Morgan fingerprint density at radius 3 is 2.43 bits per heavy atom. The number of nitrogens with one attached hydrogen (secondary N) is 1. The van der Waals surface area contributed by atoms with Crippen molar-refractivity contribution in [3.8, 4) is 0 Å². The maximum Gasteiger partial charge on any atom is 0.240 e. The molecule has 1 N–H and O–H groups in total. The molecule has 1 aromatic rings. The number of sulfonamides is 1. The number of benzene rings is 1. The van der Waals surface area contributed by atoms with Crippen LogP contribution in [0.5, 0.6) is 0 Å². The molecule has 0 bridgehead atoms. The fraction of sp³-hybridized carbons (Fsp3) is 0.533. The van der Waals surface area contributed by atoms with Gasteiger partial charge in [-0.15, -0.1) is 0 Å². The minimum Gasteiger partial charge on any atom is -0.304 e. The predicted octanol–water partition coefficient (Wildman–Crippen LogP) is 1.65. The van der Waals surface area contributed by atoms with Gasteiger partial charge in [0.05, 0.1) is 4.90 Å². The van der Waals surface area contributed by atoms with Crippen LogP contribution in [0.3, 0.4) is 0 Å². The molecule has 0 saturated carbocycles. The van der Waals surface area contributed by atoms with Crippen LogP contribution in [0.4, 0.5) is 0 Å². The third-order valence-corrected chi connectivity index (χ3v) is 5.64. The minimum atomic E-state index is -3.52. The molecule has 6 heteroatoms. The van der Waals surface area contributed by atoms with Gasteiger partial charge in [-0.05, 0) is 52.4 Å². The van der Waals surface area contributed by atoms with E-state index in [0.717, 1.165) is 19.4 Å². The van der Waals surface area contributed by atoms with E-state index in [1.807, 2.05) is 0 Å². The lowest BCUT2D eigenvalue weighted by Gasteiger charge is -2.35. The number of Topliss-reactive ketones (excluding diaryl/α,β-unsaturated/α-hetero) is 1. The lowest BCUT2D eigenvalue weighted by molar-refractivity contribution is 0.101. The minimum absolute atomic E-state index is 0.0336. The van der Waals surface area contributed by atoms with E-state index in [1.54, 1.807) is 12.1 Å². The SMILES string of the molecule is CC(=O)c1ccc(S(=O)(=O)NC2CCN(C)C(C)C2)cc1. The molecule has 2 atom stereocenters. The van der Waals surface area contributed by atoms with Crippen LogP contribution in [-0.4, -0.2) is 44.8 Å². The molecular weight excluding hydrogens is 288 g/mol. The Labute approximate surface area is 126 Å². The third kappa shape index (κ3) is 3.90. The van der Waals surface area contributed by atoms with Crippen LogP contribution >= 0.6 is 0 Å². The van der Waals surface area contributed by atoms with Crippen LogP contribution in [0.25, 0.3) is 0 Å². The number of nitrogens with zero attached hydrogens (tertiary/aromatic N) is 1. The number of carbonyl (C=O) groups excluding carboxylic acids is 1. The average molecular weight is 310 g/mol. The van der Waals surface area contributed by atoms with Gasteiger partial charge in [-0.2, -0.15) is 0 Å². The van der Waals surface area contributed by atoms with Gasteiger partial charge >= 0.3 is 0 Å². The molecular formula is C15H22N2O3S. The largest absolute Gasteiger partial charge is 0.304 e. The van der Waals surface area contributed by atoms with Crippen LogP contribution in [0.2, 0.25) is 0 Å². The van der Waals surface area contributed by atoms with E-state index < -0.39 is 10.0 Å². The molecule has 0 radical (unpaired) electrons. The number of rotatable bonds is 4. The molecule has 5 nitrogen and oxygen atoms in total. The summed E-state index contributed by atoms with van der Waals surface area (Å²) in [5.74, 6) is -0.0731. The van der Waals surface area contributed by atoms with Crippen LogP contribution < -0.4 is 4.72 Å². The Bertz CT molecular complexity index is 610. The number of hydrogen-bond acceptors (Lipinski definition) is 4. The topological polar surface area (TPSA) is 66.5 Å². The van der Waals surface area contributed by atoms with E-state index in [-0.39, 0.29) is 16.7 Å². The first-order valence-corrected chi connectivity index (χ1v) is 8.61. The highest BCUT2D eigenvalue weighted by Crippen LogP contribution is 2.18.